The van der Waals surface area contributed by atoms with E-state index >= 15 is 0 Å². The van der Waals surface area contributed by atoms with E-state index in [1.54, 1.807) is 23.7 Å². The smallest absolute Gasteiger partial charge is 0.337 e. The fraction of sp³-hybridized carbons (Fsp3) is 0. The van der Waals surface area contributed by atoms with Crippen LogP contribution in [0, 0.1) is 0 Å². The Bertz CT molecular complexity index is 938. The second kappa shape index (κ2) is 7.33. The lowest BCUT2D eigenvalue weighted by atomic mass is 10.0. The molecular weight excluding hydrogens is 360 g/mol. The number of benzene rings is 2. The summed E-state index contributed by atoms with van der Waals surface area (Å²) in [7, 11) is 0. The fourth-order valence-corrected chi connectivity index (χ4v) is 2.94. The van der Waals surface area contributed by atoms with E-state index in [2.05, 4.69) is 15.5 Å². The van der Waals surface area contributed by atoms with Crippen molar-refractivity contribution >= 4 is 46.1 Å². The zero-order valence-electron chi connectivity index (χ0n) is 12.8. The van der Waals surface area contributed by atoms with Gasteiger partial charge in [-0.3, -0.25) is 5.43 Å². The van der Waals surface area contributed by atoms with Crippen LogP contribution in [0.5, 0.6) is 0 Å². The second-order valence-electron chi connectivity index (χ2n) is 5.07. The average Bonchev–Trinajstić information content (AvgIpc) is 3.00. The Morgan fingerprint density at radius 3 is 2.56 bits per heavy atom. The lowest BCUT2D eigenvalue weighted by molar-refractivity contribution is 0.0697. The van der Waals surface area contributed by atoms with Crippen LogP contribution in [-0.2, 0) is 0 Å². The van der Waals surface area contributed by atoms with E-state index in [1.807, 2.05) is 24.3 Å². The quantitative estimate of drug-likeness (QED) is 0.460. The molecular formula is C17H13ClN4O2S. The normalized spacial score (nSPS) is 10.9. The van der Waals surface area contributed by atoms with Gasteiger partial charge in [-0.25, -0.2) is 9.78 Å². The molecule has 0 aliphatic heterocycles. The van der Waals surface area contributed by atoms with E-state index in [0.717, 1.165) is 16.7 Å². The molecule has 1 heterocycles. The van der Waals surface area contributed by atoms with Crippen LogP contribution in [0.3, 0.4) is 0 Å². The standard InChI is InChI=1S/C17H13ClN4O2S/c18-14-7-12(5-6-13(14)16(23)24)11-3-1-10(2-4-11)8-20-22-17-21-15(19)9-25-17/h1-9H,19H2,(H,21,22)(H,23,24). The van der Waals surface area contributed by atoms with Crippen LogP contribution in [0.1, 0.15) is 15.9 Å². The molecule has 0 radical (unpaired) electrons. The molecule has 0 amide bonds. The van der Waals surface area contributed by atoms with E-state index in [4.69, 9.17) is 22.4 Å². The molecule has 4 N–H and O–H groups in total. The van der Waals surface area contributed by atoms with E-state index in [9.17, 15) is 4.79 Å². The molecule has 3 rings (SSSR count). The summed E-state index contributed by atoms with van der Waals surface area (Å²) in [5, 5.41) is 15.7. The number of nitrogen functional groups attached to an aromatic ring is 1. The van der Waals surface area contributed by atoms with E-state index in [-0.39, 0.29) is 10.6 Å². The number of nitrogens with one attached hydrogen (secondary N) is 1. The van der Waals surface area contributed by atoms with Crippen molar-refractivity contribution in [3.63, 3.8) is 0 Å². The monoisotopic (exact) mass is 372 g/mol. The number of hydrazone groups is 1. The number of carboxylic acids is 1. The maximum atomic E-state index is 11.0. The molecule has 6 nitrogen and oxygen atoms in total. The number of aromatic carboxylic acids is 1. The maximum Gasteiger partial charge on any atom is 0.337 e. The molecule has 0 saturated carbocycles. The van der Waals surface area contributed by atoms with Gasteiger partial charge >= 0.3 is 5.97 Å². The van der Waals surface area contributed by atoms with Gasteiger partial charge in [0.1, 0.15) is 5.82 Å². The topological polar surface area (TPSA) is 101 Å². The summed E-state index contributed by atoms with van der Waals surface area (Å²) in [6.45, 7) is 0. The molecule has 0 aliphatic rings. The molecule has 0 unspecified atom stereocenters. The van der Waals surface area contributed by atoms with Crippen LogP contribution in [-0.4, -0.2) is 22.3 Å². The number of hydrogen-bond donors (Lipinski definition) is 3. The van der Waals surface area contributed by atoms with Gasteiger partial charge in [0, 0.05) is 5.38 Å². The largest absolute Gasteiger partial charge is 0.478 e. The van der Waals surface area contributed by atoms with Gasteiger partial charge in [-0.05, 0) is 28.8 Å². The van der Waals surface area contributed by atoms with Gasteiger partial charge in [0.05, 0.1) is 16.8 Å². The highest BCUT2D eigenvalue weighted by molar-refractivity contribution is 7.14. The fourth-order valence-electron chi connectivity index (χ4n) is 2.13. The van der Waals surface area contributed by atoms with Crippen molar-refractivity contribution in [1.29, 1.82) is 0 Å². The zero-order chi connectivity index (χ0) is 17.8. The summed E-state index contributed by atoms with van der Waals surface area (Å²) in [6, 6.07) is 12.5. The van der Waals surface area contributed by atoms with E-state index in [0.29, 0.717) is 10.9 Å². The van der Waals surface area contributed by atoms with Crippen molar-refractivity contribution in [3.05, 3.63) is 64.0 Å². The zero-order valence-corrected chi connectivity index (χ0v) is 14.4. The molecule has 8 heteroatoms. The summed E-state index contributed by atoms with van der Waals surface area (Å²) in [6.07, 6.45) is 1.67. The summed E-state index contributed by atoms with van der Waals surface area (Å²) in [5.41, 5.74) is 11.1. The first-order chi connectivity index (χ1) is 12.0. The Morgan fingerprint density at radius 2 is 1.96 bits per heavy atom. The first kappa shape index (κ1) is 16.9. The molecule has 0 aliphatic carbocycles. The van der Waals surface area contributed by atoms with Gasteiger partial charge in [-0.2, -0.15) is 5.10 Å². The molecule has 0 atom stereocenters. The van der Waals surface area contributed by atoms with Crippen LogP contribution in [0.25, 0.3) is 11.1 Å². The third-order valence-corrected chi connectivity index (χ3v) is 4.42. The van der Waals surface area contributed by atoms with Gasteiger partial charge in [-0.1, -0.05) is 41.9 Å². The molecule has 0 saturated heterocycles. The van der Waals surface area contributed by atoms with Crippen molar-refractivity contribution in [1.82, 2.24) is 4.98 Å². The number of thiazole rings is 1. The lowest BCUT2D eigenvalue weighted by Crippen LogP contribution is -1.97. The molecule has 25 heavy (non-hydrogen) atoms. The van der Waals surface area contributed by atoms with Crippen molar-refractivity contribution < 1.29 is 9.90 Å². The first-order valence-corrected chi connectivity index (χ1v) is 8.42. The van der Waals surface area contributed by atoms with Gasteiger partial charge < -0.3 is 10.8 Å². The number of halogens is 1. The Balaban J connectivity index is 1.71. The summed E-state index contributed by atoms with van der Waals surface area (Å²) in [5.74, 6) is -0.586. The minimum atomic E-state index is -1.04. The number of anilines is 2. The van der Waals surface area contributed by atoms with Crippen molar-refractivity contribution in [2.24, 2.45) is 5.10 Å². The molecule has 2 aromatic carbocycles. The van der Waals surface area contributed by atoms with E-state index < -0.39 is 5.97 Å². The Hall–Kier alpha value is -2.90. The maximum absolute atomic E-state index is 11.0. The van der Waals surface area contributed by atoms with Crippen LogP contribution >= 0.6 is 22.9 Å². The molecule has 0 bridgehead atoms. The van der Waals surface area contributed by atoms with Gasteiger partial charge in [0.2, 0.25) is 5.13 Å². The molecule has 0 spiro atoms. The number of nitrogens with zero attached hydrogens (tertiary/aromatic N) is 2. The number of nitrogens with two attached hydrogens (primary N) is 1. The first-order valence-electron chi connectivity index (χ1n) is 7.16. The summed E-state index contributed by atoms with van der Waals surface area (Å²) < 4.78 is 0. The Morgan fingerprint density at radius 1 is 1.24 bits per heavy atom. The third-order valence-electron chi connectivity index (χ3n) is 3.34. The van der Waals surface area contributed by atoms with Crippen LogP contribution in [0.2, 0.25) is 5.02 Å². The van der Waals surface area contributed by atoms with Crippen LogP contribution in [0.15, 0.2) is 52.9 Å². The molecule has 126 valence electrons. The molecule has 3 aromatic rings. The number of carbonyl (C=O) groups is 1. The Kier molecular flexibility index (Phi) is 4.97. The van der Waals surface area contributed by atoms with Crippen LogP contribution < -0.4 is 11.2 Å². The highest BCUT2D eigenvalue weighted by Crippen LogP contribution is 2.26. The second-order valence-corrected chi connectivity index (χ2v) is 6.33. The minimum absolute atomic E-state index is 0.0862. The molecule has 1 aromatic heterocycles. The van der Waals surface area contributed by atoms with Gasteiger partial charge in [0.25, 0.3) is 0 Å². The lowest BCUT2D eigenvalue weighted by Gasteiger charge is -2.05. The summed E-state index contributed by atoms with van der Waals surface area (Å²) in [4.78, 5) is 15.0. The predicted molar refractivity (Wildman–Crippen MR) is 102 cm³/mol. The minimum Gasteiger partial charge on any atom is -0.478 e. The van der Waals surface area contributed by atoms with Crippen molar-refractivity contribution in [2.45, 2.75) is 0 Å². The highest BCUT2D eigenvalue weighted by Gasteiger charge is 2.09. The number of hydrogen-bond acceptors (Lipinski definition) is 6. The predicted octanol–water partition coefficient (Wildman–Crippen LogP) is 4.19. The molecule has 0 fully saturated rings. The number of aromatic nitrogens is 1. The highest BCUT2D eigenvalue weighted by atomic mass is 35.5. The van der Waals surface area contributed by atoms with Crippen LogP contribution in [0.4, 0.5) is 10.9 Å². The van der Waals surface area contributed by atoms with Gasteiger partial charge in [0.15, 0.2) is 0 Å². The number of rotatable bonds is 5. The third kappa shape index (κ3) is 4.14. The Labute approximate surface area is 152 Å². The van der Waals surface area contributed by atoms with Gasteiger partial charge in [-0.15, -0.1) is 11.3 Å². The SMILES string of the molecule is Nc1csc(NN=Cc2ccc(-c3ccc(C(=O)O)c(Cl)c3)cc2)n1. The average molecular weight is 373 g/mol. The number of carboxylic acid groups (broad SMARTS) is 1. The van der Waals surface area contributed by atoms with E-state index in [1.165, 1.54) is 17.4 Å². The summed E-state index contributed by atoms with van der Waals surface area (Å²) >= 11 is 7.38. The van der Waals surface area contributed by atoms with Crippen molar-refractivity contribution in [2.75, 3.05) is 11.2 Å². The van der Waals surface area contributed by atoms with Crippen molar-refractivity contribution in [3.8, 4) is 11.1 Å².